The molecule has 1 atom stereocenters. The van der Waals surface area contributed by atoms with Crippen molar-refractivity contribution < 1.29 is 17.6 Å². The molecule has 0 fully saturated rings. The van der Waals surface area contributed by atoms with Gasteiger partial charge in [0, 0.05) is 16.8 Å². The molecule has 0 radical (unpaired) electrons. The van der Waals surface area contributed by atoms with Gasteiger partial charge in [0.15, 0.2) is 5.78 Å². The summed E-state index contributed by atoms with van der Waals surface area (Å²) in [6.45, 7) is 1.75. The number of Topliss-reactive ketones (excluding diaryl/α,β-unsaturated/α-hetero) is 1. The van der Waals surface area contributed by atoms with E-state index in [2.05, 4.69) is 14.9 Å². The minimum Gasteiger partial charge on any atom is -0.411 e. The van der Waals surface area contributed by atoms with E-state index < -0.39 is 15.3 Å². The average Bonchev–Trinajstić information content (AvgIpc) is 3.09. The largest absolute Gasteiger partial charge is 0.411 e. The molecule has 0 amide bonds. The summed E-state index contributed by atoms with van der Waals surface area (Å²) >= 11 is 1.17. The van der Waals surface area contributed by atoms with E-state index in [1.807, 2.05) is 30.3 Å². The van der Waals surface area contributed by atoms with Crippen molar-refractivity contribution in [2.75, 3.05) is 11.0 Å². The highest BCUT2D eigenvalue weighted by Gasteiger charge is 2.20. The highest BCUT2D eigenvalue weighted by molar-refractivity contribution is 8.00. The third-order valence-electron chi connectivity index (χ3n) is 3.55. The minimum absolute atomic E-state index is 0.120. The lowest BCUT2D eigenvalue weighted by Crippen LogP contribution is -2.14. The Labute approximate surface area is 161 Å². The van der Waals surface area contributed by atoms with Gasteiger partial charge in [0.25, 0.3) is 5.22 Å². The maximum atomic E-state index is 12.6. The number of hydrogen-bond donors (Lipinski definition) is 1. The maximum Gasteiger partial charge on any atom is 0.277 e. The number of carbonyl (C=O) groups is 1. The van der Waals surface area contributed by atoms with Gasteiger partial charge in [0.2, 0.25) is 15.9 Å². The van der Waals surface area contributed by atoms with E-state index in [-0.39, 0.29) is 5.78 Å². The summed E-state index contributed by atoms with van der Waals surface area (Å²) in [4.78, 5) is 12.6. The normalized spacial score (nSPS) is 12.5. The lowest BCUT2D eigenvalue weighted by molar-refractivity contribution is 0.0993. The molecule has 0 bridgehead atoms. The number of rotatable bonds is 7. The van der Waals surface area contributed by atoms with Crippen molar-refractivity contribution in [2.24, 2.45) is 0 Å². The van der Waals surface area contributed by atoms with Crippen LogP contribution in [0.2, 0.25) is 0 Å². The van der Waals surface area contributed by atoms with Crippen LogP contribution in [0.15, 0.2) is 64.2 Å². The summed E-state index contributed by atoms with van der Waals surface area (Å²) in [5, 5.41) is 7.85. The zero-order chi connectivity index (χ0) is 19.4. The molecule has 9 heteroatoms. The first-order chi connectivity index (χ1) is 12.8. The number of ketones is 1. The number of hydrogen-bond acceptors (Lipinski definition) is 7. The van der Waals surface area contributed by atoms with Crippen molar-refractivity contribution in [3.05, 3.63) is 60.2 Å². The van der Waals surface area contributed by atoms with Crippen LogP contribution in [-0.2, 0) is 10.0 Å². The van der Waals surface area contributed by atoms with Crippen molar-refractivity contribution in [1.29, 1.82) is 0 Å². The van der Waals surface area contributed by atoms with Crippen molar-refractivity contribution >= 4 is 33.3 Å². The molecule has 7 nitrogen and oxygen atoms in total. The number of benzene rings is 2. The Balaban J connectivity index is 1.66. The second kappa shape index (κ2) is 7.93. The fraction of sp³-hybridized carbons (Fsp3) is 0.167. The van der Waals surface area contributed by atoms with Crippen molar-refractivity contribution in [3.8, 4) is 11.5 Å². The number of thioether (sulfide) groups is 1. The van der Waals surface area contributed by atoms with Crippen LogP contribution in [-0.4, -0.2) is 35.9 Å². The molecule has 140 valence electrons. The van der Waals surface area contributed by atoms with E-state index in [0.29, 0.717) is 22.4 Å². The molecule has 1 heterocycles. The molecule has 1 N–H and O–H groups in total. The van der Waals surface area contributed by atoms with Crippen molar-refractivity contribution in [2.45, 2.75) is 17.4 Å². The lowest BCUT2D eigenvalue weighted by atomic mass is 10.1. The monoisotopic (exact) mass is 403 g/mol. The van der Waals surface area contributed by atoms with Gasteiger partial charge in [-0.05, 0) is 43.3 Å². The van der Waals surface area contributed by atoms with E-state index in [0.717, 1.165) is 11.8 Å². The number of nitrogens with one attached hydrogen (secondary N) is 1. The second-order valence-electron chi connectivity index (χ2n) is 5.82. The van der Waals surface area contributed by atoms with Crippen LogP contribution in [0.3, 0.4) is 0 Å². The van der Waals surface area contributed by atoms with Crippen LogP contribution in [0.4, 0.5) is 5.69 Å². The van der Waals surface area contributed by atoms with Crippen LogP contribution in [0.5, 0.6) is 0 Å². The molecule has 1 aromatic heterocycles. The molecule has 0 saturated heterocycles. The highest BCUT2D eigenvalue weighted by Crippen LogP contribution is 2.28. The number of aromatic nitrogens is 2. The fourth-order valence-corrected chi connectivity index (χ4v) is 3.64. The van der Waals surface area contributed by atoms with E-state index in [1.165, 1.54) is 11.8 Å². The fourth-order valence-electron chi connectivity index (χ4n) is 2.31. The predicted octanol–water partition coefficient (Wildman–Crippen LogP) is 3.47. The highest BCUT2D eigenvalue weighted by atomic mass is 32.2. The second-order valence-corrected chi connectivity index (χ2v) is 8.86. The quantitative estimate of drug-likeness (QED) is 0.476. The van der Waals surface area contributed by atoms with E-state index in [1.54, 1.807) is 31.2 Å². The summed E-state index contributed by atoms with van der Waals surface area (Å²) < 4.78 is 30.4. The zero-order valence-electron chi connectivity index (χ0n) is 14.6. The minimum atomic E-state index is -3.35. The molecular weight excluding hydrogens is 386 g/mol. The first-order valence-electron chi connectivity index (χ1n) is 7.99. The summed E-state index contributed by atoms with van der Waals surface area (Å²) in [7, 11) is -3.35. The van der Waals surface area contributed by atoms with Gasteiger partial charge in [-0.1, -0.05) is 30.0 Å². The Morgan fingerprint density at radius 2 is 1.74 bits per heavy atom. The van der Waals surface area contributed by atoms with Gasteiger partial charge in [-0.15, -0.1) is 10.2 Å². The Hall–Kier alpha value is -2.65. The molecule has 0 aliphatic rings. The molecule has 27 heavy (non-hydrogen) atoms. The van der Waals surface area contributed by atoms with Gasteiger partial charge < -0.3 is 4.42 Å². The molecule has 0 aliphatic heterocycles. The smallest absolute Gasteiger partial charge is 0.277 e. The zero-order valence-corrected chi connectivity index (χ0v) is 16.3. The third-order valence-corrected chi connectivity index (χ3v) is 5.09. The Bertz CT molecular complexity index is 1030. The average molecular weight is 403 g/mol. The first-order valence-corrected chi connectivity index (χ1v) is 10.8. The van der Waals surface area contributed by atoms with Crippen LogP contribution in [0, 0.1) is 0 Å². The molecular formula is C18H17N3O4S2. The molecule has 3 rings (SSSR count). The van der Waals surface area contributed by atoms with Gasteiger partial charge in [-0.25, -0.2) is 8.42 Å². The predicted molar refractivity (Wildman–Crippen MR) is 104 cm³/mol. The molecule has 0 spiro atoms. The van der Waals surface area contributed by atoms with Gasteiger partial charge >= 0.3 is 0 Å². The molecule has 2 aromatic carbocycles. The van der Waals surface area contributed by atoms with E-state index in [4.69, 9.17) is 4.42 Å². The van der Waals surface area contributed by atoms with Gasteiger partial charge in [-0.2, -0.15) is 0 Å². The van der Waals surface area contributed by atoms with Crippen molar-refractivity contribution in [1.82, 2.24) is 10.2 Å². The van der Waals surface area contributed by atoms with Gasteiger partial charge in [0.05, 0.1) is 11.5 Å². The summed E-state index contributed by atoms with van der Waals surface area (Å²) in [5.74, 6) is 0.277. The van der Waals surface area contributed by atoms with Gasteiger partial charge in [0.1, 0.15) is 0 Å². The number of nitrogens with zero attached hydrogens (tertiary/aromatic N) is 2. The van der Waals surface area contributed by atoms with Gasteiger partial charge in [-0.3, -0.25) is 9.52 Å². The number of sulfonamides is 1. The van der Waals surface area contributed by atoms with E-state index in [9.17, 15) is 13.2 Å². The Kier molecular flexibility index (Phi) is 5.62. The third kappa shape index (κ3) is 5.18. The van der Waals surface area contributed by atoms with Crippen LogP contribution < -0.4 is 4.72 Å². The summed E-state index contributed by atoms with van der Waals surface area (Å²) in [5.41, 5.74) is 1.68. The van der Waals surface area contributed by atoms with Crippen LogP contribution in [0.25, 0.3) is 11.5 Å². The molecule has 0 unspecified atom stereocenters. The first kappa shape index (κ1) is 19.1. The Morgan fingerprint density at radius 1 is 1.07 bits per heavy atom. The SMILES string of the molecule is C[C@@H](Sc1nnc(-c2ccccc2)o1)C(=O)c1ccc(NS(C)(=O)=O)cc1. The maximum absolute atomic E-state index is 12.6. The molecule has 3 aromatic rings. The lowest BCUT2D eigenvalue weighted by Gasteiger charge is -2.09. The van der Waals surface area contributed by atoms with Crippen LogP contribution >= 0.6 is 11.8 Å². The summed E-state index contributed by atoms with van der Waals surface area (Å²) in [6.07, 6.45) is 1.07. The van der Waals surface area contributed by atoms with Crippen molar-refractivity contribution in [3.63, 3.8) is 0 Å². The van der Waals surface area contributed by atoms with E-state index >= 15 is 0 Å². The summed E-state index contributed by atoms with van der Waals surface area (Å²) in [6, 6.07) is 15.6. The molecule has 0 saturated carbocycles. The Morgan fingerprint density at radius 3 is 2.37 bits per heavy atom. The standard InChI is InChI=1S/C18H17N3O4S2/c1-12(16(22)13-8-10-15(11-9-13)21-27(2,23)24)26-18-20-19-17(25-18)14-6-4-3-5-7-14/h3-12,21H,1-2H3/t12-/m1/s1. The van der Waals surface area contributed by atoms with Crippen LogP contribution in [0.1, 0.15) is 17.3 Å². The number of anilines is 1. The number of carbonyl (C=O) groups excluding carboxylic acids is 1. The molecule has 0 aliphatic carbocycles. The topological polar surface area (TPSA) is 102 Å².